The van der Waals surface area contributed by atoms with E-state index >= 15 is 0 Å². The summed E-state index contributed by atoms with van der Waals surface area (Å²) in [4.78, 5) is 16.6. The van der Waals surface area contributed by atoms with Gasteiger partial charge >= 0.3 is 5.97 Å². The predicted molar refractivity (Wildman–Crippen MR) is 126 cm³/mol. The lowest BCUT2D eigenvalue weighted by molar-refractivity contribution is -0.137. The first-order valence-corrected chi connectivity index (χ1v) is 11.0. The van der Waals surface area contributed by atoms with Crippen LogP contribution in [0.2, 0.25) is 10.0 Å². The van der Waals surface area contributed by atoms with Gasteiger partial charge in [0.2, 0.25) is 0 Å². The van der Waals surface area contributed by atoms with E-state index in [1.807, 2.05) is 26.8 Å². The smallest absolute Gasteiger partial charge is 0.325 e. The van der Waals surface area contributed by atoms with Gasteiger partial charge < -0.3 is 9.94 Å². The third-order valence-electron chi connectivity index (χ3n) is 4.89. The number of hydrogen-bond acceptors (Lipinski definition) is 6. The number of nitrogens with zero attached hydrogens (tertiary/aromatic N) is 6. The number of aliphatic carboxylic acids is 1. The second-order valence-electron chi connectivity index (χ2n) is 7.53. The van der Waals surface area contributed by atoms with Crippen molar-refractivity contribution in [3.05, 3.63) is 68.7 Å². The second kappa shape index (κ2) is 10.6. The quantitative estimate of drug-likeness (QED) is 0.262. The molecule has 1 aromatic carbocycles. The van der Waals surface area contributed by atoms with Gasteiger partial charge in [-0.1, -0.05) is 46.6 Å². The Bertz CT molecular complexity index is 1210. The fraction of sp³-hybridized carbons (Fsp3) is 0.318. The SMILES string of the molecule is CC/C(C)=C(/O/N=C(\C)c1cn(Cc2cc(C)c(Cl)c(Cl)c2)nn1)c1ccn(CC(=O)O)n1. The Hall–Kier alpha value is -3.17. The Kier molecular flexibility index (Phi) is 7.88. The molecular weight excluding hydrogens is 467 g/mol. The predicted octanol–water partition coefficient (Wildman–Crippen LogP) is 4.80. The number of rotatable bonds is 9. The Morgan fingerprint density at radius 3 is 2.64 bits per heavy atom. The average Bonchev–Trinajstić information content (AvgIpc) is 3.41. The molecule has 0 spiro atoms. The molecule has 1 N–H and O–H groups in total. The van der Waals surface area contributed by atoms with Crippen LogP contribution in [0.4, 0.5) is 0 Å². The topological polar surface area (TPSA) is 107 Å². The Morgan fingerprint density at radius 1 is 1.21 bits per heavy atom. The minimum atomic E-state index is -0.976. The summed E-state index contributed by atoms with van der Waals surface area (Å²) in [7, 11) is 0. The Labute approximate surface area is 201 Å². The monoisotopic (exact) mass is 490 g/mol. The van der Waals surface area contributed by atoms with Crippen LogP contribution < -0.4 is 0 Å². The number of carboxylic acid groups (broad SMARTS) is 1. The summed E-state index contributed by atoms with van der Waals surface area (Å²) in [5, 5.41) is 26.8. The molecule has 9 nitrogen and oxygen atoms in total. The standard InChI is InChI=1S/C22H24Cl2N6O3/c1-5-13(2)22(18-6-7-29(26-18)12-20(31)32)33-27-15(4)19-11-30(28-25-19)10-16-8-14(3)21(24)17(23)9-16/h6-9,11H,5,10,12H2,1-4H3,(H,31,32)/b22-13+,27-15+. The van der Waals surface area contributed by atoms with Gasteiger partial charge in [-0.05, 0) is 56.0 Å². The van der Waals surface area contributed by atoms with E-state index in [9.17, 15) is 4.79 Å². The fourth-order valence-electron chi connectivity index (χ4n) is 2.99. The molecule has 0 saturated carbocycles. The van der Waals surface area contributed by atoms with Gasteiger partial charge in [-0.15, -0.1) is 5.10 Å². The maximum atomic E-state index is 10.9. The number of oxime groups is 1. The van der Waals surface area contributed by atoms with Crippen LogP contribution in [0, 0.1) is 6.92 Å². The minimum Gasteiger partial charge on any atom is -0.480 e. The largest absolute Gasteiger partial charge is 0.480 e. The molecule has 11 heteroatoms. The molecule has 0 aliphatic carbocycles. The molecule has 0 atom stereocenters. The molecule has 0 saturated heterocycles. The van der Waals surface area contributed by atoms with Crippen molar-refractivity contribution in [3.8, 4) is 0 Å². The van der Waals surface area contributed by atoms with Crippen molar-refractivity contribution in [1.29, 1.82) is 0 Å². The lowest BCUT2D eigenvalue weighted by atomic mass is 10.1. The van der Waals surface area contributed by atoms with Gasteiger partial charge in [-0.2, -0.15) is 5.10 Å². The number of benzene rings is 1. The number of carboxylic acids is 1. The normalized spacial score (nSPS) is 12.6. The summed E-state index contributed by atoms with van der Waals surface area (Å²) in [6.45, 7) is 7.79. The zero-order valence-corrected chi connectivity index (χ0v) is 20.2. The number of halogens is 2. The first-order chi connectivity index (χ1) is 15.7. The molecule has 0 aliphatic rings. The van der Waals surface area contributed by atoms with Gasteiger partial charge in [0.15, 0.2) is 5.76 Å². The molecule has 0 fully saturated rings. The van der Waals surface area contributed by atoms with Crippen LogP contribution in [-0.2, 0) is 22.7 Å². The summed E-state index contributed by atoms with van der Waals surface area (Å²) in [5.74, 6) is -0.504. The molecule has 2 heterocycles. The van der Waals surface area contributed by atoms with Crippen molar-refractivity contribution >= 4 is 40.6 Å². The highest BCUT2D eigenvalue weighted by molar-refractivity contribution is 6.42. The molecule has 3 rings (SSSR count). The third-order valence-corrected chi connectivity index (χ3v) is 5.78. The molecule has 3 aromatic rings. The van der Waals surface area contributed by atoms with E-state index in [0.717, 1.165) is 23.1 Å². The first-order valence-electron chi connectivity index (χ1n) is 10.2. The van der Waals surface area contributed by atoms with E-state index in [2.05, 4.69) is 20.6 Å². The van der Waals surface area contributed by atoms with Gasteiger partial charge in [0.05, 0.1) is 22.8 Å². The van der Waals surface area contributed by atoms with Gasteiger partial charge in [0, 0.05) is 6.20 Å². The van der Waals surface area contributed by atoms with Crippen LogP contribution in [0.3, 0.4) is 0 Å². The first kappa shape index (κ1) is 24.5. The van der Waals surface area contributed by atoms with Gasteiger partial charge in [-0.25, -0.2) is 4.68 Å². The van der Waals surface area contributed by atoms with Crippen molar-refractivity contribution in [3.63, 3.8) is 0 Å². The number of aromatic nitrogens is 5. The van der Waals surface area contributed by atoms with Crippen LogP contribution in [0.5, 0.6) is 0 Å². The van der Waals surface area contributed by atoms with Gasteiger partial charge in [-0.3, -0.25) is 9.48 Å². The number of carbonyl (C=O) groups is 1. The van der Waals surface area contributed by atoms with Crippen LogP contribution in [0.15, 0.2) is 41.3 Å². The molecule has 0 aliphatic heterocycles. The molecule has 0 bridgehead atoms. The zero-order valence-electron chi connectivity index (χ0n) is 18.7. The molecule has 2 aromatic heterocycles. The highest BCUT2D eigenvalue weighted by Gasteiger charge is 2.14. The molecular formula is C22H24Cl2N6O3. The lowest BCUT2D eigenvalue weighted by Gasteiger charge is -2.07. The second-order valence-corrected chi connectivity index (χ2v) is 8.32. The van der Waals surface area contributed by atoms with E-state index < -0.39 is 5.97 Å². The maximum absolute atomic E-state index is 10.9. The minimum absolute atomic E-state index is 0.234. The van der Waals surface area contributed by atoms with E-state index in [1.54, 1.807) is 36.1 Å². The van der Waals surface area contributed by atoms with Crippen molar-refractivity contribution in [2.45, 2.75) is 47.2 Å². The molecule has 0 radical (unpaired) electrons. The highest BCUT2D eigenvalue weighted by atomic mass is 35.5. The fourth-order valence-corrected chi connectivity index (χ4v) is 3.39. The van der Waals surface area contributed by atoms with E-state index in [0.29, 0.717) is 39.4 Å². The van der Waals surface area contributed by atoms with Crippen LogP contribution in [-0.4, -0.2) is 41.6 Å². The van der Waals surface area contributed by atoms with E-state index in [-0.39, 0.29) is 6.54 Å². The van der Waals surface area contributed by atoms with E-state index in [4.69, 9.17) is 33.1 Å². The van der Waals surface area contributed by atoms with Gasteiger partial charge in [0.25, 0.3) is 0 Å². The van der Waals surface area contributed by atoms with Crippen molar-refractivity contribution in [2.75, 3.05) is 0 Å². The summed E-state index contributed by atoms with van der Waals surface area (Å²) >= 11 is 12.3. The van der Waals surface area contributed by atoms with E-state index in [1.165, 1.54) is 4.68 Å². The summed E-state index contributed by atoms with van der Waals surface area (Å²) in [5.41, 5.74) is 4.35. The number of hydrogen-bond donors (Lipinski definition) is 1. The number of aryl methyl sites for hydroxylation is 1. The zero-order chi connectivity index (χ0) is 24.1. The number of allylic oxidation sites excluding steroid dienone is 1. The average molecular weight is 491 g/mol. The maximum Gasteiger partial charge on any atom is 0.325 e. The van der Waals surface area contributed by atoms with Crippen LogP contribution in [0.1, 0.15) is 49.7 Å². The molecule has 33 heavy (non-hydrogen) atoms. The van der Waals surface area contributed by atoms with Gasteiger partial charge in [0.1, 0.15) is 23.6 Å². The molecule has 0 unspecified atom stereocenters. The van der Waals surface area contributed by atoms with Crippen molar-refractivity contribution in [1.82, 2.24) is 24.8 Å². The molecule has 0 amide bonds. The summed E-state index contributed by atoms with van der Waals surface area (Å²) in [6, 6.07) is 5.45. The summed E-state index contributed by atoms with van der Waals surface area (Å²) in [6.07, 6.45) is 4.06. The van der Waals surface area contributed by atoms with Crippen LogP contribution >= 0.6 is 23.2 Å². The highest BCUT2D eigenvalue weighted by Crippen LogP contribution is 2.27. The third kappa shape index (κ3) is 6.21. The Morgan fingerprint density at radius 2 is 1.97 bits per heavy atom. The van der Waals surface area contributed by atoms with Crippen molar-refractivity contribution in [2.24, 2.45) is 5.16 Å². The van der Waals surface area contributed by atoms with Crippen molar-refractivity contribution < 1.29 is 14.7 Å². The lowest BCUT2D eigenvalue weighted by Crippen LogP contribution is -2.09. The summed E-state index contributed by atoms with van der Waals surface area (Å²) < 4.78 is 3.01. The van der Waals surface area contributed by atoms with Crippen LogP contribution in [0.25, 0.3) is 5.76 Å². The molecule has 174 valence electrons. The Balaban J connectivity index is 1.76.